The minimum atomic E-state index is 0.596. The first-order valence-electron chi connectivity index (χ1n) is 11.7. The van der Waals surface area contributed by atoms with Crippen molar-refractivity contribution in [3.8, 4) is 11.3 Å². The minimum absolute atomic E-state index is 0.596. The smallest absolute Gasteiger partial charge is 0.229 e. The fourth-order valence-electron chi connectivity index (χ4n) is 4.15. The van der Waals surface area contributed by atoms with Crippen LogP contribution >= 0.6 is 0 Å². The van der Waals surface area contributed by atoms with E-state index in [0.717, 1.165) is 43.3 Å². The van der Waals surface area contributed by atoms with Crippen LogP contribution in [0, 0.1) is 6.92 Å². The Morgan fingerprint density at radius 2 is 1.65 bits per heavy atom. The number of fused-ring (bicyclic) bond motifs is 1. The predicted molar refractivity (Wildman–Crippen MR) is 138 cm³/mol. The SMILES string of the molecule is Cc1ccccc1CNc1nc(N2CCNCC2)nc2nc(N(C)C)c(-c3ccccc3)nc12. The molecular formula is C26H30N8. The minimum Gasteiger partial charge on any atom is -0.364 e. The van der Waals surface area contributed by atoms with Crippen LogP contribution in [0.15, 0.2) is 54.6 Å². The summed E-state index contributed by atoms with van der Waals surface area (Å²) in [4.78, 5) is 24.0. The molecule has 0 spiro atoms. The van der Waals surface area contributed by atoms with Gasteiger partial charge in [0.1, 0.15) is 5.69 Å². The molecular weight excluding hydrogens is 424 g/mol. The summed E-state index contributed by atoms with van der Waals surface area (Å²) in [6.07, 6.45) is 0. The summed E-state index contributed by atoms with van der Waals surface area (Å²) < 4.78 is 0. The van der Waals surface area contributed by atoms with E-state index in [1.165, 1.54) is 11.1 Å². The molecule has 1 aliphatic rings. The Morgan fingerprint density at radius 1 is 0.912 bits per heavy atom. The van der Waals surface area contributed by atoms with E-state index in [-0.39, 0.29) is 0 Å². The van der Waals surface area contributed by atoms with Gasteiger partial charge in [0.05, 0.1) is 0 Å². The molecule has 2 N–H and O–H groups in total. The molecule has 174 valence electrons. The van der Waals surface area contributed by atoms with Crippen LogP contribution in [0.5, 0.6) is 0 Å². The maximum Gasteiger partial charge on any atom is 0.229 e. The maximum atomic E-state index is 5.07. The van der Waals surface area contributed by atoms with E-state index in [0.29, 0.717) is 29.5 Å². The summed E-state index contributed by atoms with van der Waals surface area (Å²) >= 11 is 0. The monoisotopic (exact) mass is 454 g/mol. The van der Waals surface area contributed by atoms with Crippen molar-refractivity contribution in [2.45, 2.75) is 13.5 Å². The third-order valence-corrected chi connectivity index (χ3v) is 6.08. The molecule has 8 nitrogen and oxygen atoms in total. The van der Waals surface area contributed by atoms with Gasteiger partial charge in [0.2, 0.25) is 5.95 Å². The van der Waals surface area contributed by atoms with Crippen molar-refractivity contribution in [1.82, 2.24) is 25.3 Å². The van der Waals surface area contributed by atoms with Crippen molar-refractivity contribution < 1.29 is 0 Å². The van der Waals surface area contributed by atoms with E-state index in [9.17, 15) is 0 Å². The van der Waals surface area contributed by atoms with Crippen LogP contribution in [-0.4, -0.2) is 60.2 Å². The van der Waals surface area contributed by atoms with Gasteiger partial charge >= 0.3 is 0 Å². The fourth-order valence-corrected chi connectivity index (χ4v) is 4.15. The molecule has 2 aromatic carbocycles. The highest BCUT2D eigenvalue weighted by Gasteiger charge is 2.21. The second kappa shape index (κ2) is 9.61. The Labute approximate surface area is 200 Å². The molecule has 0 atom stereocenters. The van der Waals surface area contributed by atoms with Gasteiger partial charge in [-0.05, 0) is 18.1 Å². The second-order valence-electron chi connectivity index (χ2n) is 8.72. The van der Waals surface area contributed by atoms with Crippen molar-refractivity contribution in [3.05, 3.63) is 65.7 Å². The van der Waals surface area contributed by atoms with Gasteiger partial charge < -0.3 is 20.4 Å². The molecule has 1 saturated heterocycles. The topological polar surface area (TPSA) is 82.1 Å². The van der Waals surface area contributed by atoms with E-state index in [2.05, 4.69) is 58.9 Å². The second-order valence-corrected chi connectivity index (χ2v) is 8.72. The Kier molecular flexibility index (Phi) is 6.22. The third-order valence-electron chi connectivity index (χ3n) is 6.08. The van der Waals surface area contributed by atoms with Crippen LogP contribution in [0.4, 0.5) is 17.6 Å². The van der Waals surface area contributed by atoms with Crippen molar-refractivity contribution >= 4 is 28.7 Å². The summed E-state index contributed by atoms with van der Waals surface area (Å²) in [5.41, 5.74) is 5.56. The van der Waals surface area contributed by atoms with E-state index in [4.69, 9.17) is 19.9 Å². The van der Waals surface area contributed by atoms with Gasteiger partial charge in [-0.3, -0.25) is 0 Å². The molecule has 0 radical (unpaired) electrons. The molecule has 3 heterocycles. The number of rotatable bonds is 6. The van der Waals surface area contributed by atoms with Gasteiger partial charge in [0.25, 0.3) is 0 Å². The highest BCUT2D eigenvalue weighted by molar-refractivity contribution is 5.89. The Hall–Kier alpha value is -3.78. The summed E-state index contributed by atoms with van der Waals surface area (Å²) in [5, 5.41) is 6.93. The number of hydrogen-bond donors (Lipinski definition) is 2. The van der Waals surface area contributed by atoms with Crippen LogP contribution in [0.1, 0.15) is 11.1 Å². The summed E-state index contributed by atoms with van der Waals surface area (Å²) in [5.74, 6) is 2.18. The van der Waals surface area contributed by atoms with Crippen LogP contribution < -0.4 is 20.4 Å². The van der Waals surface area contributed by atoms with Crippen LogP contribution in [0.2, 0.25) is 0 Å². The molecule has 0 amide bonds. The van der Waals surface area contributed by atoms with Gasteiger partial charge in [-0.1, -0.05) is 54.6 Å². The molecule has 34 heavy (non-hydrogen) atoms. The first-order valence-corrected chi connectivity index (χ1v) is 11.7. The summed E-state index contributed by atoms with van der Waals surface area (Å²) in [7, 11) is 3.97. The van der Waals surface area contributed by atoms with Gasteiger partial charge in [-0.15, -0.1) is 0 Å². The molecule has 8 heteroatoms. The molecule has 1 aliphatic heterocycles. The summed E-state index contributed by atoms with van der Waals surface area (Å²) in [6.45, 7) is 6.32. The lowest BCUT2D eigenvalue weighted by Gasteiger charge is -2.28. The first kappa shape index (κ1) is 22.0. The normalized spacial score (nSPS) is 13.8. The Balaban J connectivity index is 1.64. The lowest BCUT2D eigenvalue weighted by Crippen LogP contribution is -2.44. The Morgan fingerprint density at radius 3 is 2.38 bits per heavy atom. The summed E-state index contributed by atoms with van der Waals surface area (Å²) in [6, 6.07) is 18.5. The number of aryl methyl sites for hydroxylation is 1. The predicted octanol–water partition coefficient (Wildman–Crippen LogP) is 3.48. The lowest BCUT2D eigenvalue weighted by molar-refractivity contribution is 0.580. The standard InChI is InChI=1S/C26H30N8/c1-18-9-7-8-12-20(18)17-28-23-22-24(32-26(31-23)34-15-13-27-14-16-34)30-25(33(2)3)21(29-22)19-10-5-4-6-11-19/h4-12,27H,13-17H2,1-3H3,(H,28,30,31,32). The number of anilines is 3. The zero-order valence-corrected chi connectivity index (χ0v) is 19.9. The highest BCUT2D eigenvalue weighted by atomic mass is 15.3. The number of piperazine rings is 1. The van der Waals surface area contributed by atoms with Crippen molar-refractivity contribution in [2.75, 3.05) is 55.4 Å². The fraction of sp³-hybridized carbons (Fsp3) is 0.308. The highest BCUT2D eigenvalue weighted by Crippen LogP contribution is 2.31. The molecule has 1 fully saturated rings. The average molecular weight is 455 g/mol. The number of hydrogen-bond acceptors (Lipinski definition) is 8. The largest absolute Gasteiger partial charge is 0.364 e. The molecule has 0 unspecified atom stereocenters. The number of benzene rings is 2. The van der Waals surface area contributed by atoms with E-state index in [1.54, 1.807) is 0 Å². The first-order chi connectivity index (χ1) is 16.6. The van der Waals surface area contributed by atoms with Crippen LogP contribution in [-0.2, 0) is 6.54 Å². The van der Waals surface area contributed by atoms with Gasteiger partial charge in [0.15, 0.2) is 22.8 Å². The molecule has 0 bridgehead atoms. The maximum absolute atomic E-state index is 5.07. The quantitative estimate of drug-likeness (QED) is 0.458. The number of nitrogens with one attached hydrogen (secondary N) is 2. The molecule has 5 rings (SSSR count). The van der Waals surface area contributed by atoms with Crippen LogP contribution in [0.25, 0.3) is 22.4 Å². The zero-order valence-electron chi connectivity index (χ0n) is 19.9. The lowest BCUT2D eigenvalue weighted by atomic mass is 10.1. The molecule has 4 aromatic rings. The molecule has 0 saturated carbocycles. The van der Waals surface area contributed by atoms with Gasteiger partial charge in [-0.25, -0.2) is 9.97 Å². The van der Waals surface area contributed by atoms with Crippen molar-refractivity contribution in [3.63, 3.8) is 0 Å². The van der Waals surface area contributed by atoms with E-state index in [1.807, 2.05) is 37.2 Å². The number of nitrogens with zero attached hydrogens (tertiary/aromatic N) is 6. The van der Waals surface area contributed by atoms with Gasteiger partial charge in [-0.2, -0.15) is 9.97 Å². The van der Waals surface area contributed by atoms with Crippen molar-refractivity contribution in [1.29, 1.82) is 0 Å². The third kappa shape index (κ3) is 4.49. The van der Waals surface area contributed by atoms with Gasteiger partial charge in [0, 0.05) is 52.4 Å². The zero-order chi connectivity index (χ0) is 23.5. The number of aromatic nitrogens is 4. The molecule has 2 aromatic heterocycles. The van der Waals surface area contributed by atoms with Crippen molar-refractivity contribution in [2.24, 2.45) is 0 Å². The van der Waals surface area contributed by atoms with Crippen LogP contribution in [0.3, 0.4) is 0 Å². The Bertz CT molecular complexity index is 1280. The van der Waals surface area contributed by atoms with E-state index >= 15 is 0 Å². The molecule has 0 aliphatic carbocycles. The van der Waals surface area contributed by atoms with E-state index < -0.39 is 0 Å². The average Bonchev–Trinajstić information content (AvgIpc) is 2.88.